The Morgan fingerprint density at radius 3 is 2.14 bits per heavy atom. The Bertz CT molecular complexity index is 1220. The average Bonchev–Trinajstić information content (AvgIpc) is 2.95. The van der Waals surface area contributed by atoms with Crippen molar-refractivity contribution >= 4 is 23.8 Å². The van der Waals surface area contributed by atoms with Crippen LogP contribution in [0, 0.1) is 11.8 Å². The van der Waals surface area contributed by atoms with Crippen molar-refractivity contribution in [1.29, 1.82) is 0 Å². The van der Waals surface area contributed by atoms with Gasteiger partial charge in [0.25, 0.3) is 0 Å². The van der Waals surface area contributed by atoms with Gasteiger partial charge in [-0.3, -0.25) is 19.2 Å². The van der Waals surface area contributed by atoms with Crippen molar-refractivity contribution in [2.24, 2.45) is 11.8 Å². The van der Waals surface area contributed by atoms with E-state index in [1.54, 1.807) is 37.8 Å². The highest BCUT2D eigenvalue weighted by molar-refractivity contribution is 5.86. The van der Waals surface area contributed by atoms with Crippen LogP contribution in [0.1, 0.15) is 57.6 Å². The summed E-state index contributed by atoms with van der Waals surface area (Å²) in [5.74, 6) is -3.01. The monoisotopic (exact) mass is 592 g/mol. The van der Waals surface area contributed by atoms with Crippen LogP contribution in [0.15, 0.2) is 72.8 Å². The highest BCUT2D eigenvalue weighted by atomic mass is 16.6. The molecule has 0 saturated carbocycles. The average molecular weight is 593 g/mol. The van der Waals surface area contributed by atoms with Crippen LogP contribution in [0.5, 0.6) is 0 Å². The number of rotatable bonds is 10. The van der Waals surface area contributed by atoms with Crippen LogP contribution in [0.2, 0.25) is 0 Å². The van der Waals surface area contributed by atoms with Crippen molar-refractivity contribution in [1.82, 2.24) is 10.2 Å². The Morgan fingerprint density at radius 2 is 1.53 bits per heavy atom. The van der Waals surface area contributed by atoms with Gasteiger partial charge in [0.05, 0.1) is 30.9 Å². The van der Waals surface area contributed by atoms with Gasteiger partial charge in [0.15, 0.2) is 0 Å². The van der Waals surface area contributed by atoms with Gasteiger partial charge in [-0.2, -0.15) is 0 Å². The van der Waals surface area contributed by atoms with Crippen LogP contribution in [0.25, 0.3) is 0 Å². The van der Waals surface area contributed by atoms with Gasteiger partial charge in [0, 0.05) is 19.5 Å². The van der Waals surface area contributed by atoms with E-state index in [0.29, 0.717) is 13.0 Å². The van der Waals surface area contributed by atoms with Gasteiger partial charge < -0.3 is 24.8 Å². The summed E-state index contributed by atoms with van der Waals surface area (Å²) in [6.07, 6.45) is 4.25. The first kappa shape index (κ1) is 33.5. The van der Waals surface area contributed by atoms with Gasteiger partial charge >= 0.3 is 11.9 Å². The van der Waals surface area contributed by atoms with E-state index in [1.807, 2.05) is 60.7 Å². The highest BCUT2D eigenvalue weighted by Crippen LogP contribution is 2.20. The van der Waals surface area contributed by atoms with E-state index in [2.05, 4.69) is 5.32 Å². The zero-order valence-electron chi connectivity index (χ0n) is 25.4. The molecule has 0 bridgehead atoms. The Hall–Kier alpha value is -3.98. The van der Waals surface area contributed by atoms with E-state index in [9.17, 15) is 24.3 Å². The molecule has 0 saturated heterocycles. The number of nitrogens with one attached hydrogen (secondary N) is 1. The third-order valence-corrected chi connectivity index (χ3v) is 7.00. The number of hydrogen-bond donors (Lipinski definition) is 2. The summed E-state index contributed by atoms with van der Waals surface area (Å²) in [5.41, 5.74) is 1.19. The molecule has 9 heteroatoms. The number of hydrogen-bond acceptors (Lipinski definition) is 7. The minimum atomic E-state index is -0.746. The van der Waals surface area contributed by atoms with Gasteiger partial charge in [-0.15, -0.1) is 0 Å². The molecule has 0 radical (unpaired) electrons. The Labute approximate surface area is 254 Å². The number of ether oxygens (including phenoxy) is 2. The minimum absolute atomic E-state index is 0.0534. The van der Waals surface area contributed by atoms with Crippen molar-refractivity contribution in [3.05, 3.63) is 83.9 Å². The third-order valence-electron chi connectivity index (χ3n) is 7.00. The van der Waals surface area contributed by atoms with E-state index in [0.717, 1.165) is 11.1 Å². The fourth-order valence-electron chi connectivity index (χ4n) is 4.88. The van der Waals surface area contributed by atoms with Crippen LogP contribution in [-0.2, 0) is 41.6 Å². The van der Waals surface area contributed by atoms with Crippen LogP contribution in [-0.4, -0.2) is 65.2 Å². The molecule has 1 heterocycles. The number of carbonyl (C=O) groups excluding carboxylic acids is 4. The summed E-state index contributed by atoms with van der Waals surface area (Å²) in [5, 5.41) is 12.6. The van der Waals surface area contributed by atoms with Crippen LogP contribution in [0.3, 0.4) is 0 Å². The lowest BCUT2D eigenvalue weighted by Crippen LogP contribution is -2.45. The number of allylic oxidation sites excluding steroid dienone is 2. The molecule has 3 atom stereocenters. The third kappa shape index (κ3) is 12.0. The molecule has 232 valence electrons. The van der Waals surface area contributed by atoms with Crippen LogP contribution >= 0.6 is 0 Å². The summed E-state index contributed by atoms with van der Waals surface area (Å²) in [6, 6.07) is 18.5. The number of nitrogens with zero attached hydrogens (tertiary/aromatic N) is 1. The second-order valence-electron chi connectivity index (χ2n) is 11.9. The van der Waals surface area contributed by atoms with Crippen molar-refractivity contribution in [3.8, 4) is 0 Å². The van der Waals surface area contributed by atoms with Crippen molar-refractivity contribution < 1.29 is 33.8 Å². The van der Waals surface area contributed by atoms with E-state index < -0.39 is 35.4 Å². The molecular formula is C34H44N2O7. The predicted molar refractivity (Wildman–Crippen MR) is 162 cm³/mol. The molecule has 2 N–H and O–H groups in total. The SMILES string of the molecule is CC(C)(C)OC(=O)C[C@@H]1C/C=C\C[C@@H](CC(=O)N(CCO)Cc2ccccc2)C(=O)N[C@@H](Cc2ccccc2)COC1=O. The smallest absolute Gasteiger partial charge is 0.309 e. The number of aliphatic hydroxyl groups excluding tert-OH is 1. The summed E-state index contributed by atoms with van der Waals surface area (Å²) in [4.78, 5) is 54.1. The van der Waals surface area contributed by atoms with Crippen molar-refractivity contribution in [2.75, 3.05) is 19.8 Å². The normalized spacial score (nSPS) is 20.5. The summed E-state index contributed by atoms with van der Waals surface area (Å²) >= 11 is 0. The summed E-state index contributed by atoms with van der Waals surface area (Å²) < 4.78 is 11.1. The predicted octanol–water partition coefficient (Wildman–Crippen LogP) is 3.98. The van der Waals surface area contributed by atoms with Gasteiger partial charge in [-0.05, 0) is 51.2 Å². The first-order valence-corrected chi connectivity index (χ1v) is 14.8. The number of aliphatic hydroxyl groups is 1. The van der Waals surface area contributed by atoms with E-state index in [4.69, 9.17) is 9.47 Å². The lowest BCUT2D eigenvalue weighted by Gasteiger charge is -2.27. The molecule has 0 aromatic heterocycles. The number of cyclic esters (lactones) is 1. The maximum atomic E-state index is 13.6. The van der Waals surface area contributed by atoms with Gasteiger partial charge in [-0.25, -0.2) is 0 Å². The van der Waals surface area contributed by atoms with Crippen LogP contribution in [0.4, 0.5) is 0 Å². The molecule has 0 fully saturated rings. The zero-order chi connectivity index (χ0) is 31.2. The van der Waals surface area contributed by atoms with Crippen molar-refractivity contribution in [3.63, 3.8) is 0 Å². The number of carbonyl (C=O) groups is 4. The second kappa shape index (κ2) is 16.6. The summed E-state index contributed by atoms with van der Waals surface area (Å²) in [6.45, 7) is 5.50. The van der Waals surface area contributed by atoms with E-state index in [1.165, 1.54) is 0 Å². The summed E-state index contributed by atoms with van der Waals surface area (Å²) in [7, 11) is 0. The van der Waals surface area contributed by atoms with Gasteiger partial charge in [0.1, 0.15) is 12.2 Å². The van der Waals surface area contributed by atoms with Gasteiger partial charge in [-0.1, -0.05) is 72.8 Å². The maximum Gasteiger partial charge on any atom is 0.309 e. The highest BCUT2D eigenvalue weighted by Gasteiger charge is 2.30. The molecule has 0 unspecified atom stereocenters. The zero-order valence-corrected chi connectivity index (χ0v) is 25.4. The fourth-order valence-corrected chi connectivity index (χ4v) is 4.88. The molecule has 9 nitrogen and oxygen atoms in total. The quantitative estimate of drug-likeness (QED) is 0.316. The molecule has 0 aliphatic carbocycles. The Balaban J connectivity index is 1.81. The molecule has 2 amide bonds. The fraction of sp³-hybridized carbons (Fsp3) is 0.471. The van der Waals surface area contributed by atoms with Gasteiger partial charge in [0.2, 0.25) is 11.8 Å². The molecule has 1 aliphatic rings. The minimum Gasteiger partial charge on any atom is -0.463 e. The first-order chi connectivity index (χ1) is 20.5. The lowest BCUT2D eigenvalue weighted by atomic mass is 9.95. The number of esters is 2. The molecule has 43 heavy (non-hydrogen) atoms. The van der Waals surface area contributed by atoms with E-state index in [-0.39, 0.29) is 57.3 Å². The number of benzene rings is 2. The topological polar surface area (TPSA) is 122 Å². The standard InChI is InChI=1S/C34H44N2O7/c1-34(2,3)43-31(39)22-28-17-11-10-16-27(21-30(38)36(18-19-37)23-26-14-8-5-9-15-26)32(40)35-29(24-42-33(28)41)20-25-12-6-4-7-13-25/h4-15,27-29,37H,16-24H2,1-3H3,(H,35,40)/b11-10-/t27-,28-,29-/m0/s1. The molecule has 2 aromatic rings. The molecule has 0 spiro atoms. The maximum absolute atomic E-state index is 13.6. The number of amides is 2. The first-order valence-electron chi connectivity index (χ1n) is 14.8. The molecule has 2 aromatic carbocycles. The molecular weight excluding hydrogens is 548 g/mol. The van der Waals surface area contributed by atoms with Crippen molar-refractivity contribution in [2.45, 2.75) is 71.1 Å². The molecule has 3 rings (SSSR count). The molecule has 1 aliphatic heterocycles. The lowest BCUT2D eigenvalue weighted by molar-refractivity contribution is -0.161. The van der Waals surface area contributed by atoms with E-state index >= 15 is 0 Å². The second-order valence-corrected chi connectivity index (χ2v) is 11.9. The van der Waals surface area contributed by atoms with Crippen LogP contribution < -0.4 is 5.32 Å². The Morgan fingerprint density at radius 1 is 0.930 bits per heavy atom. The Kier molecular flexibility index (Phi) is 12.9. The largest absolute Gasteiger partial charge is 0.463 e.